The van der Waals surface area contributed by atoms with E-state index < -0.39 is 22.4 Å². The van der Waals surface area contributed by atoms with Crippen LogP contribution in [0.15, 0.2) is 0 Å². The van der Waals surface area contributed by atoms with Gasteiger partial charge in [0.25, 0.3) is 14.7 Å². The summed E-state index contributed by atoms with van der Waals surface area (Å²) in [6.45, 7) is 14.2. The molecule has 4 nitrogen and oxygen atoms in total. The van der Waals surface area contributed by atoms with Gasteiger partial charge in [0.2, 0.25) is 0 Å². The molecule has 0 aliphatic carbocycles. The third-order valence-corrected chi connectivity index (χ3v) is 3.96. The maximum atomic E-state index is 9.93. The van der Waals surface area contributed by atoms with Crippen molar-refractivity contribution in [1.29, 1.82) is 0 Å². The van der Waals surface area contributed by atoms with Crippen LogP contribution in [-0.4, -0.2) is 47.4 Å². The quantitative estimate of drug-likeness (QED) is 0.522. The van der Waals surface area contributed by atoms with Crippen molar-refractivity contribution in [2.45, 2.75) is 77.8 Å². The minimum Gasteiger partial charge on any atom is -0.438 e. The minimum absolute atomic E-state index is 0.372. The molecule has 0 atom stereocenters. The highest BCUT2D eigenvalue weighted by molar-refractivity contribution is 6.93. The normalized spacial score (nSPS) is 14.6. The number of rotatable bonds is 7. The first-order chi connectivity index (χ1) is 7.71. The lowest BCUT2D eigenvalue weighted by Crippen LogP contribution is -2.51. The summed E-state index contributed by atoms with van der Waals surface area (Å²) in [5, 5.41) is 19.9. The summed E-state index contributed by atoms with van der Waals surface area (Å²) in [5.41, 5.74) is -3.12. The molecule has 0 spiro atoms. The summed E-state index contributed by atoms with van der Waals surface area (Å²) >= 11 is 0. The van der Waals surface area contributed by atoms with Crippen molar-refractivity contribution in [3.8, 4) is 0 Å². The molecule has 0 amide bonds. The van der Waals surface area contributed by atoms with Crippen LogP contribution in [0, 0.1) is 0 Å². The van der Waals surface area contributed by atoms with Crippen LogP contribution >= 0.6 is 0 Å². The van der Waals surface area contributed by atoms with Crippen molar-refractivity contribution in [3.63, 3.8) is 0 Å². The van der Waals surface area contributed by atoms with E-state index in [0.717, 1.165) is 0 Å². The van der Waals surface area contributed by atoms with E-state index in [1.165, 1.54) is 0 Å². The van der Waals surface area contributed by atoms with E-state index in [0.29, 0.717) is 14.7 Å². The van der Waals surface area contributed by atoms with Crippen molar-refractivity contribution in [2.24, 2.45) is 0 Å². The average molecular weight is 258 g/mol. The van der Waals surface area contributed by atoms with Gasteiger partial charge in [0.15, 0.2) is 0 Å². The Morgan fingerprint density at radius 3 is 1.00 bits per heavy atom. The molecule has 0 aromatic rings. The van der Waals surface area contributed by atoms with Gasteiger partial charge >= 0.3 is 0 Å². The van der Waals surface area contributed by atoms with E-state index in [1.807, 2.05) is 27.7 Å². The number of aliphatic hydroxyl groups is 2. The van der Waals surface area contributed by atoms with Crippen LogP contribution in [0.1, 0.15) is 55.4 Å². The molecule has 0 aliphatic heterocycles. The fourth-order valence-corrected chi connectivity index (χ4v) is 0.947. The van der Waals surface area contributed by atoms with E-state index in [1.54, 1.807) is 27.7 Å². The third kappa shape index (κ3) is 4.92. The molecule has 18 heavy (non-hydrogen) atoms. The predicted molar refractivity (Wildman–Crippen MR) is 77.2 cm³/mol. The number of hydrogen-bond donors (Lipinski definition) is 2. The molecule has 0 heterocycles. The molecule has 0 aliphatic rings. The molecule has 0 radical (unpaired) electrons. The van der Waals surface area contributed by atoms with Crippen LogP contribution in [0.4, 0.5) is 0 Å². The topological polar surface area (TPSA) is 58.9 Å². The Morgan fingerprint density at radius 2 is 0.833 bits per heavy atom. The second kappa shape index (κ2) is 5.53. The van der Waals surface area contributed by atoms with Crippen LogP contribution in [-0.2, 0) is 9.31 Å². The van der Waals surface area contributed by atoms with Crippen molar-refractivity contribution in [1.82, 2.24) is 0 Å². The van der Waals surface area contributed by atoms with Gasteiger partial charge in [-0.3, -0.25) is 0 Å². The zero-order valence-corrected chi connectivity index (χ0v) is 13.1. The number of hydrogen-bond acceptors (Lipinski definition) is 4. The van der Waals surface area contributed by atoms with Gasteiger partial charge in [-0.05, 0) is 55.4 Å². The van der Waals surface area contributed by atoms with Crippen molar-refractivity contribution in [2.75, 3.05) is 0 Å². The standard InChI is InChI=1S/C12H28B2O4/c1-9(2,15)11(5,6)17-13-14-18-12(7,8)10(3,4)16/h13-16H,1-8H3. The van der Waals surface area contributed by atoms with Gasteiger partial charge in [0, 0.05) is 0 Å². The highest BCUT2D eigenvalue weighted by Gasteiger charge is 2.38. The van der Waals surface area contributed by atoms with Gasteiger partial charge in [-0.2, -0.15) is 0 Å². The monoisotopic (exact) mass is 258 g/mol. The van der Waals surface area contributed by atoms with Gasteiger partial charge < -0.3 is 19.5 Å². The smallest absolute Gasteiger partial charge is 0.272 e. The Bertz CT molecular complexity index is 236. The second-order valence-electron chi connectivity index (χ2n) is 6.84. The Morgan fingerprint density at radius 1 is 0.611 bits per heavy atom. The van der Waals surface area contributed by atoms with E-state index in [-0.39, 0.29) is 0 Å². The van der Waals surface area contributed by atoms with Crippen molar-refractivity contribution < 1.29 is 19.5 Å². The molecule has 106 valence electrons. The molecule has 0 saturated carbocycles. The van der Waals surface area contributed by atoms with E-state index in [4.69, 9.17) is 9.31 Å². The molecule has 0 bridgehead atoms. The molecule has 0 aromatic heterocycles. The Balaban J connectivity index is 4.17. The van der Waals surface area contributed by atoms with Crippen LogP contribution in [0.2, 0.25) is 0 Å². The Labute approximate surface area is 113 Å². The zero-order valence-electron chi connectivity index (χ0n) is 13.1. The summed E-state index contributed by atoms with van der Waals surface area (Å²) in [5.74, 6) is 0. The maximum Gasteiger partial charge on any atom is 0.272 e. The van der Waals surface area contributed by atoms with Gasteiger partial charge in [-0.1, -0.05) is 0 Å². The van der Waals surface area contributed by atoms with E-state index in [2.05, 4.69) is 0 Å². The predicted octanol–water partition coefficient (Wildman–Crippen LogP) is 0.737. The third-order valence-electron chi connectivity index (χ3n) is 3.96. The highest BCUT2D eigenvalue weighted by atomic mass is 16.5. The summed E-state index contributed by atoms with van der Waals surface area (Å²) in [7, 11) is 0.743. The van der Waals surface area contributed by atoms with Crippen LogP contribution < -0.4 is 0 Å². The molecule has 0 aromatic carbocycles. The molecular formula is C12H28B2O4. The summed E-state index contributed by atoms with van der Waals surface area (Å²) in [4.78, 5) is 0. The average Bonchev–Trinajstić information content (AvgIpc) is 2.08. The maximum absolute atomic E-state index is 9.93. The second-order valence-corrected chi connectivity index (χ2v) is 6.84. The fraction of sp³-hybridized carbons (Fsp3) is 1.00. The van der Waals surface area contributed by atoms with Crippen LogP contribution in [0.3, 0.4) is 0 Å². The SMILES string of the molecule is CC(C)(O)C(C)(C)OBBOC(C)(C)C(C)(C)O. The Kier molecular flexibility index (Phi) is 5.52. The van der Waals surface area contributed by atoms with E-state index in [9.17, 15) is 10.2 Å². The summed E-state index contributed by atoms with van der Waals surface area (Å²) in [6.07, 6.45) is 0. The lowest BCUT2D eigenvalue weighted by atomic mass is 9.62. The Hall–Kier alpha value is -0.0301. The first kappa shape index (κ1) is 18.0. The van der Waals surface area contributed by atoms with Gasteiger partial charge in [0.1, 0.15) is 0 Å². The molecular weight excluding hydrogens is 230 g/mol. The first-order valence-corrected chi connectivity index (χ1v) is 6.43. The zero-order chi connectivity index (χ0) is 14.8. The molecule has 0 unspecified atom stereocenters. The molecule has 6 heteroatoms. The minimum atomic E-state index is -0.918. The van der Waals surface area contributed by atoms with E-state index >= 15 is 0 Å². The molecule has 0 rings (SSSR count). The van der Waals surface area contributed by atoms with Gasteiger partial charge in [0.05, 0.1) is 22.4 Å². The first-order valence-electron chi connectivity index (χ1n) is 6.43. The molecule has 0 fully saturated rings. The lowest BCUT2D eigenvalue weighted by molar-refractivity contribution is -0.0948. The molecule has 2 N–H and O–H groups in total. The lowest BCUT2D eigenvalue weighted by Gasteiger charge is -2.39. The summed E-state index contributed by atoms with van der Waals surface area (Å²) in [6, 6.07) is 0. The summed E-state index contributed by atoms with van der Waals surface area (Å²) < 4.78 is 11.3. The van der Waals surface area contributed by atoms with Crippen molar-refractivity contribution in [3.05, 3.63) is 0 Å². The van der Waals surface area contributed by atoms with Gasteiger partial charge in [-0.15, -0.1) is 0 Å². The van der Waals surface area contributed by atoms with Gasteiger partial charge in [-0.25, -0.2) is 0 Å². The van der Waals surface area contributed by atoms with Crippen LogP contribution in [0.5, 0.6) is 0 Å². The van der Waals surface area contributed by atoms with Crippen molar-refractivity contribution >= 4 is 14.7 Å². The highest BCUT2D eigenvalue weighted by Crippen LogP contribution is 2.26. The fourth-order valence-electron chi connectivity index (χ4n) is 0.947. The molecule has 0 saturated heterocycles. The largest absolute Gasteiger partial charge is 0.438 e. The van der Waals surface area contributed by atoms with Crippen LogP contribution in [0.25, 0.3) is 0 Å².